The van der Waals surface area contributed by atoms with E-state index in [0.29, 0.717) is 5.92 Å². The molecule has 1 atom stereocenters. The Morgan fingerprint density at radius 3 is 2.67 bits per heavy atom. The van der Waals surface area contributed by atoms with Gasteiger partial charge < -0.3 is 5.32 Å². The first kappa shape index (κ1) is 8.82. The first-order valence-electron chi connectivity index (χ1n) is 3.13. The summed E-state index contributed by atoms with van der Waals surface area (Å²) in [7, 11) is 0. The van der Waals surface area contributed by atoms with E-state index in [1.54, 1.807) is 0 Å². The Balaban J connectivity index is 3.16. The molecule has 0 aromatic heterocycles. The van der Waals surface area contributed by atoms with E-state index in [4.69, 9.17) is 0 Å². The molecule has 54 valence electrons. The molecule has 0 aromatic carbocycles. The fourth-order valence-electron chi connectivity index (χ4n) is 0.406. The largest absolute Gasteiger partial charge is 0.347 e. The molecule has 0 bridgehead atoms. The third kappa shape index (κ3) is 5.69. The van der Waals surface area contributed by atoms with E-state index in [0.717, 1.165) is 13.0 Å². The van der Waals surface area contributed by atoms with Gasteiger partial charge in [-0.1, -0.05) is 32.9 Å². The van der Waals surface area contributed by atoms with Crippen molar-refractivity contribution in [1.29, 1.82) is 0 Å². The molecule has 0 heterocycles. The van der Waals surface area contributed by atoms with Crippen LogP contribution in [0.2, 0.25) is 0 Å². The van der Waals surface area contributed by atoms with Crippen LogP contribution in [0.4, 0.5) is 4.79 Å². The van der Waals surface area contributed by atoms with Gasteiger partial charge in [0.2, 0.25) is 0 Å². The number of nitrogens with one attached hydrogen (secondary N) is 1. The summed E-state index contributed by atoms with van der Waals surface area (Å²) in [5.41, 5.74) is 0. The van der Waals surface area contributed by atoms with Crippen LogP contribution < -0.4 is 5.32 Å². The quantitative estimate of drug-likeness (QED) is 0.584. The highest BCUT2D eigenvalue weighted by atomic mass is 32.1. The third-order valence-corrected chi connectivity index (χ3v) is 1.46. The molecule has 1 N–H and O–H groups in total. The predicted molar refractivity (Wildman–Crippen MR) is 41.8 cm³/mol. The van der Waals surface area contributed by atoms with E-state index in [1.807, 2.05) is 0 Å². The van der Waals surface area contributed by atoms with Crippen LogP contribution >= 0.6 is 12.6 Å². The smallest absolute Gasteiger partial charge is 0.275 e. The molecule has 0 aliphatic heterocycles. The number of hydrogen-bond donors (Lipinski definition) is 2. The van der Waals surface area contributed by atoms with Crippen molar-refractivity contribution >= 4 is 17.9 Å². The van der Waals surface area contributed by atoms with Crippen molar-refractivity contribution in [2.45, 2.75) is 20.3 Å². The van der Waals surface area contributed by atoms with Crippen LogP contribution in [0.1, 0.15) is 20.3 Å². The summed E-state index contributed by atoms with van der Waals surface area (Å²) in [5.74, 6) is 0.557. The molecule has 0 spiro atoms. The van der Waals surface area contributed by atoms with Crippen LogP contribution in [0, 0.1) is 5.92 Å². The second kappa shape index (κ2) is 4.68. The summed E-state index contributed by atoms with van der Waals surface area (Å²) in [6, 6.07) is 0. The molecule has 2 nitrogen and oxygen atoms in total. The van der Waals surface area contributed by atoms with Gasteiger partial charge in [0.05, 0.1) is 0 Å². The molecule has 0 fully saturated rings. The maximum Gasteiger partial charge on any atom is 0.275 e. The fraction of sp³-hybridized carbons (Fsp3) is 0.833. The number of amides is 1. The minimum absolute atomic E-state index is 0.240. The lowest BCUT2D eigenvalue weighted by Crippen LogP contribution is -2.22. The van der Waals surface area contributed by atoms with Crippen LogP contribution in [0.3, 0.4) is 0 Å². The Kier molecular flexibility index (Phi) is 4.58. The molecule has 0 rings (SSSR count). The van der Waals surface area contributed by atoms with Gasteiger partial charge in [-0.15, -0.1) is 0 Å². The monoisotopic (exact) mass is 147 g/mol. The topological polar surface area (TPSA) is 29.1 Å². The van der Waals surface area contributed by atoms with Crippen molar-refractivity contribution in [3.05, 3.63) is 0 Å². The summed E-state index contributed by atoms with van der Waals surface area (Å²) in [6.45, 7) is 4.91. The molecule has 0 radical (unpaired) electrons. The Bertz CT molecular complexity index is 95.1. The first-order valence-corrected chi connectivity index (χ1v) is 3.58. The minimum atomic E-state index is -0.240. The summed E-state index contributed by atoms with van der Waals surface area (Å²) in [4.78, 5) is 10.2. The van der Waals surface area contributed by atoms with Crippen molar-refractivity contribution < 1.29 is 4.79 Å². The third-order valence-electron chi connectivity index (χ3n) is 1.30. The molecule has 3 heteroatoms. The second-order valence-corrected chi connectivity index (χ2v) is 2.61. The van der Waals surface area contributed by atoms with Gasteiger partial charge in [0.25, 0.3) is 5.24 Å². The van der Waals surface area contributed by atoms with Crippen molar-refractivity contribution in [2.75, 3.05) is 6.54 Å². The SMILES string of the molecule is CCC(C)CNC(=O)S. The van der Waals surface area contributed by atoms with E-state index in [-0.39, 0.29) is 5.24 Å². The summed E-state index contributed by atoms with van der Waals surface area (Å²) < 4.78 is 0. The molecule has 1 amide bonds. The van der Waals surface area contributed by atoms with Gasteiger partial charge in [-0.25, -0.2) is 0 Å². The first-order chi connectivity index (χ1) is 4.16. The zero-order valence-electron chi connectivity index (χ0n) is 5.85. The number of carbonyl (C=O) groups is 1. The van der Waals surface area contributed by atoms with E-state index < -0.39 is 0 Å². The Morgan fingerprint density at radius 1 is 1.78 bits per heavy atom. The maximum absolute atomic E-state index is 10.2. The molecular weight excluding hydrogens is 134 g/mol. The van der Waals surface area contributed by atoms with Gasteiger partial charge in [0.1, 0.15) is 0 Å². The lowest BCUT2D eigenvalue weighted by atomic mass is 10.1. The van der Waals surface area contributed by atoms with Crippen LogP contribution in [0.15, 0.2) is 0 Å². The highest BCUT2D eigenvalue weighted by molar-refractivity contribution is 7.96. The highest BCUT2D eigenvalue weighted by Crippen LogP contribution is 1.97. The van der Waals surface area contributed by atoms with E-state index >= 15 is 0 Å². The predicted octanol–water partition coefficient (Wildman–Crippen LogP) is 1.67. The van der Waals surface area contributed by atoms with E-state index in [1.165, 1.54) is 0 Å². The molecular formula is C6H13NOS. The second-order valence-electron chi connectivity index (χ2n) is 2.20. The van der Waals surface area contributed by atoms with Crippen LogP contribution in [0.25, 0.3) is 0 Å². The zero-order valence-corrected chi connectivity index (χ0v) is 6.74. The van der Waals surface area contributed by atoms with E-state index in [9.17, 15) is 4.79 Å². The minimum Gasteiger partial charge on any atom is -0.347 e. The van der Waals surface area contributed by atoms with Gasteiger partial charge in [0.15, 0.2) is 0 Å². The van der Waals surface area contributed by atoms with Gasteiger partial charge in [-0.3, -0.25) is 4.79 Å². The van der Waals surface area contributed by atoms with Crippen LogP contribution in [-0.2, 0) is 0 Å². The summed E-state index contributed by atoms with van der Waals surface area (Å²) in [5, 5.41) is 2.38. The standard InChI is InChI=1S/C6H13NOS/c1-3-5(2)4-7-6(8)9/h5H,3-4H2,1-2H3,(H2,7,8,9). The van der Waals surface area contributed by atoms with Gasteiger partial charge in [0, 0.05) is 6.54 Å². The molecule has 0 aliphatic rings. The number of rotatable bonds is 3. The van der Waals surface area contributed by atoms with Gasteiger partial charge >= 0.3 is 0 Å². The van der Waals surface area contributed by atoms with Crippen molar-refractivity contribution in [3.8, 4) is 0 Å². The van der Waals surface area contributed by atoms with Crippen LogP contribution in [0.5, 0.6) is 0 Å². The fourth-order valence-corrected chi connectivity index (χ4v) is 0.497. The average molecular weight is 147 g/mol. The van der Waals surface area contributed by atoms with Crippen LogP contribution in [-0.4, -0.2) is 11.8 Å². The molecule has 0 aromatic rings. The van der Waals surface area contributed by atoms with Gasteiger partial charge in [-0.05, 0) is 5.92 Å². The van der Waals surface area contributed by atoms with Crippen molar-refractivity contribution in [2.24, 2.45) is 5.92 Å². The molecule has 0 saturated heterocycles. The molecule has 1 unspecified atom stereocenters. The number of hydrogen-bond acceptors (Lipinski definition) is 1. The number of thiol groups is 1. The highest BCUT2D eigenvalue weighted by Gasteiger charge is 1.97. The zero-order chi connectivity index (χ0) is 7.28. The molecule has 0 aliphatic carbocycles. The number of carbonyl (C=O) groups excluding carboxylic acids is 1. The Morgan fingerprint density at radius 2 is 2.33 bits per heavy atom. The lowest BCUT2D eigenvalue weighted by Gasteiger charge is -2.06. The Hall–Kier alpha value is -0.180. The van der Waals surface area contributed by atoms with E-state index in [2.05, 4.69) is 31.8 Å². The van der Waals surface area contributed by atoms with Crippen molar-refractivity contribution in [3.63, 3.8) is 0 Å². The molecule has 0 saturated carbocycles. The van der Waals surface area contributed by atoms with Gasteiger partial charge in [-0.2, -0.15) is 0 Å². The lowest BCUT2D eigenvalue weighted by molar-refractivity contribution is 0.259. The normalized spacial score (nSPS) is 12.8. The molecule has 9 heavy (non-hydrogen) atoms. The average Bonchev–Trinajstić information content (AvgIpc) is 1.83. The maximum atomic E-state index is 10.2. The Labute approximate surface area is 61.4 Å². The van der Waals surface area contributed by atoms with Crippen molar-refractivity contribution in [1.82, 2.24) is 5.32 Å². The summed E-state index contributed by atoms with van der Waals surface area (Å²) in [6.07, 6.45) is 1.09. The summed E-state index contributed by atoms with van der Waals surface area (Å²) >= 11 is 3.56.